The van der Waals surface area contributed by atoms with Crippen molar-refractivity contribution in [2.45, 2.75) is 31.8 Å². The van der Waals surface area contributed by atoms with Crippen LogP contribution in [0.15, 0.2) is 71.6 Å². The van der Waals surface area contributed by atoms with Crippen LogP contribution >= 0.6 is 11.6 Å². The lowest BCUT2D eigenvalue weighted by Crippen LogP contribution is -2.16. The third-order valence-corrected chi connectivity index (χ3v) is 6.10. The number of carbonyl (C=O) groups excluding carboxylic acids is 1. The summed E-state index contributed by atoms with van der Waals surface area (Å²) in [4.78, 5) is 12.5. The van der Waals surface area contributed by atoms with Crippen LogP contribution < -0.4 is 14.8 Å². The molecule has 0 aliphatic carbocycles. The Labute approximate surface area is 187 Å². The van der Waals surface area contributed by atoms with E-state index in [9.17, 15) is 13.2 Å². The number of ether oxygens (including phenoxy) is 1. The maximum Gasteiger partial charge on any atom is 0.263 e. The van der Waals surface area contributed by atoms with Crippen LogP contribution in [0.3, 0.4) is 0 Å². The first-order valence-electron chi connectivity index (χ1n) is 9.61. The molecular weight excluding hydrogens is 436 g/mol. The molecule has 0 heterocycles. The van der Waals surface area contributed by atoms with Gasteiger partial charge in [-0.2, -0.15) is 0 Å². The van der Waals surface area contributed by atoms with Crippen molar-refractivity contribution in [3.63, 3.8) is 0 Å². The van der Waals surface area contributed by atoms with Crippen LogP contribution in [0, 0.1) is 6.92 Å². The van der Waals surface area contributed by atoms with Crippen molar-refractivity contribution in [2.75, 3.05) is 10.0 Å². The van der Waals surface area contributed by atoms with Crippen molar-refractivity contribution in [1.29, 1.82) is 0 Å². The van der Waals surface area contributed by atoms with Gasteiger partial charge < -0.3 is 10.1 Å². The number of carbonyl (C=O) groups is 1. The lowest BCUT2D eigenvalue weighted by molar-refractivity contribution is 0.102. The fraction of sp³-hybridized carbons (Fsp3) is 0.174. The summed E-state index contributed by atoms with van der Waals surface area (Å²) in [6.45, 7) is 5.71. The summed E-state index contributed by atoms with van der Waals surface area (Å²) in [5.41, 5.74) is 2.04. The van der Waals surface area contributed by atoms with Gasteiger partial charge in [-0.25, -0.2) is 8.42 Å². The highest BCUT2D eigenvalue weighted by Crippen LogP contribution is 2.26. The van der Waals surface area contributed by atoms with Crippen LogP contribution in [-0.2, 0) is 10.0 Å². The number of halogens is 1. The molecular formula is C23H23ClN2O4S. The lowest BCUT2D eigenvalue weighted by atomic mass is 10.2. The molecule has 0 aliphatic heterocycles. The molecule has 3 aromatic rings. The molecule has 0 fully saturated rings. The summed E-state index contributed by atoms with van der Waals surface area (Å²) < 4.78 is 33.8. The first-order chi connectivity index (χ1) is 14.6. The van der Waals surface area contributed by atoms with Gasteiger partial charge in [0.25, 0.3) is 15.9 Å². The van der Waals surface area contributed by atoms with Crippen molar-refractivity contribution in [3.05, 3.63) is 82.9 Å². The number of hydrogen-bond donors (Lipinski definition) is 2. The Bertz CT molecular complexity index is 1190. The minimum absolute atomic E-state index is 0.0203. The van der Waals surface area contributed by atoms with Crippen molar-refractivity contribution >= 4 is 38.9 Å². The second kappa shape index (κ2) is 9.41. The van der Waals surface area contributed by atoms with Gasteiger partial charge in [-0.15, -0.1) is 0 Å². The molecule has 0 radical (unpaired) electrons. The number of rotatable bonds is 7. The molecule has 0 unspecified atom stereocenters. The first-order valence-corrected chi connectivity index (χ1v) is 11.5. The number of anilines is 2. The Morgan fingerprint density at radius 2 is 1.68 bits per heavy atom. The number of benzene rings is 3. The van der Waals surface area contributed by atoms with E-state index in [1.807, 2.05) is 26.8 Å². The van der Waals surface area contributed by atoms with E-state index in [-0.39, 0.29) is 21.6 Å². The Morgan fingerprint density at radius 3 is 2.32 bits per heavy atom. The van der Waals surface area contributed by atoms with Crippen LogP contribution in [0.4, 0.5) is 11.4 Å². The smallest absolute Gasteiger partial charge is 0.263 e. The second-order valence-electron chi connectivity index (χ2n) is 7.27. The topological polar surface area (TPSA) is 84.5 Å². The van der Waals surface area contributed by atoms with E-state index in [0.717, 1.165) is 5.56 Å². The van der Waals surface area contributed by atoms with E-state index < -0.39 is 15.9 Å². The van der Waals surface area contributed by atoms with Gasteiger partial charge in [-0.1, -0.05) is 23.7 Å². The SMILES string of the molecule is Cc1cccc(NS(=O)(=O)c2cc(C(=O)Nc3ccc(OC(C)C)cc3)ccc2Cl)c1. The summed E-state index contributed by atoms with van der Waals surface area (Å²) in [5, 5.41) is 2.76. The summed E-state index contributed by atoms with van der Waals surface area (Å²) >= 11 is 6.14. The summed E-state index contributed by atoms with van der Waals surface area (Å²) in [6, 6.07) is 18.0. The van der Waals surface area contributed by atoms with Crippen LogP contribution in [0.1, 0.15) is 29.8 Å². The maximum absolute atomic E-state index is 12.9. The molecule has 162 valence electrons. The number of nitrogens with one attached hydrogen (secondary N) is 2. The Hall–Kier alpha value is -3.03. The van der Waals surface area contributed by atoms with Gasteiger partial charge in [0.1, 0.15) is 10.6 Å². The zero-order valence-corrected chi connectivity index (χ0v) is 18.9. The molecule has 0 bridgehead atoms. The minimum Gasteiger partial charge on any atom is -0.491 e. The fourth-order valence-electron chi connectivity index (χ4n) is 2.86. The molecule has 0 spiro atoms. The van der Waals surface area contributed by atoms with Gasteiger partial charge in [0.05, 0.1) is 11.1 Å². The van der Waals surface area contributed by atoms with Crippen molar-refractivity contribution in [1.82, 2.24) is 0 Å². The zero-order valence-electron chi connectivity index (χ0n) is 17.3. The average molecular weight is 459 g/mol. The summed E-state index contributed by atoms with van der Waals surface area (Å²) in [6.07, 6.45) is 0.0447. The monoisotopic (exact) mass is 458 g/mol. The van der Waals surface area contributed by atoms with Crippen LogP contribution in [0.25, 0.3) is 0 Å². The van der Waals surface area contributed by atoms with Gasteiger partial charge >= 0.3 is 0 Å². The third-order valence-electron chi connectivity index (χ3n) is 4.24. The number of sulfonamides is 1. The second-order valence-corrected chi connectivity index (χ2v) is 9.32. The van der Waals surface area contributed by atoms with E-state index in [4.69, 9.17) is 16.3 Å². The quantitative estimate of drug-likeness (QED) is 0.490. The van der Waals surface area contributed by atoms with Crippen molar-refractivity contribution < 1.29 is 17.9 Å². The van der Waals surface area contributed by atoms with E-state index in [1.165, 1.54) is 18.2 Å². The number of aryl methyl sites for hydroxylation is 1. The van der Waals surface area contributed by atoms with Gasteiger partial charge in [0.2, 0.25) is 0 Å². The number of hydrogen-bond acceptors (Lipinski definition) is 4. The highest BCUT2D eigenvalue weighted by Gasteiger charge is 2.20. The fourth-order valence-corrected chi connectivity index (χ4v) is 4.44. The molecule has 31 heavy (non-hydrogen) atoms. The molecule has 3 rings (SSSR count). The zero-order chi connectivity index (χ0) is 22.6. The lowest BCUT2D eigenvalue weighted by Gasteiger charge is -2.12. The van der Waals surface area contributed by atoms with E-state index >= 15 is 0 Å². The Kier molecular flexibility index (Phi) is 6.87. The molecule has 0 aliphatic rings. The predicted octanol–water partition coefficient (Wildman–Crippen LogP) is 5.49. The van der Waals surface area contributed by atoms with E-state index in [2.05, 4.69) is 10.0 Å². The normalized spacial score (nSPS) is 11.3. The van der Waals surface area contributed by atoms with E-state index in [0.29, 0.717) is 17.1 Å². The molecule has 2 N–H and O–H groups in total. The molecule has 0 saturated heterocycles. The van der Waals surface area contributed by atoms with Crippen molar-refractivity contribution in [3.8, 4) is 5.75 Å². The molecule has 0 aromatic heterocycles. The molecule has 1 amide bonds. The van der Waals surface area contributed by atoms with Gasteiger partial charge in [0, 0.05) is 16.9 Å². The molecule has 3 aromatic carbocycles. The maximum atomic E-state index is 12.9. The Morgan fingerprint density at radius 1 is 0.968 bits per heavy atom. The van der Waals surface area contributed by atoms with Gasteiger partial charge in [-0.3, -0.25) is 9.52 Å². The Balaban J connectivity index is 1.80. The van der Waals surface area contributed by atoms with Crippen LogP contribution in [0.2, 0.25) is 5.02 Å². The third kappa shape index (κ3) is 5.99. The van der Waals surface area contributed by atoms with E-state index in [1.54, 1.807) is 42.5 Å². The molecule has 6 nitrogen and oxygen atoms in total. The van der Waals surface area contributed by atoms with Gasteiger partial charge in [0.15, 0.2) is 0 Å². The molecule has 0 atom stereocenters. The predicted molar refractivity (Wildman–Crippen MR) is 124 cm³/mol. The highest BCUT2D eigenvalue weighted by molar-refractivity contribution is 7.92. The van der Waals surface area contributed by atoms with Gasteiger partial charge in [-0.05, 0) is 80.9 Å². The largest absolute Gasteiger partial charge is 0.491 e. The first kappa shape index (κ1) is 22.7. The average Bonchev–Trinajstić information content (AvgIpc) is 2.69. The summed E-state index contributed by atoms with van der Waals surface area (Å²) in [7, 11) is -3.99. The molecule has 8 heteroatoms. The minimum atomic E-state index is -3.99. The summed E-state index contributed by atoms with van der Waals surface area (Å²) in [5.74, 6) is 0.233. The highest BCUT2D eigenvalue weighted by atomic mass is 35.5. The van der Waals surface area contributed by atoms with Crippen molar-refractivity contribution in [2.24, 2.45) is 0 Å². The number of amides is 1. The van der Waals surface area contributed by atoms with Crippen LogP contribution in [0.5, 0.6) is 5.75 Å². The standard InChI is InChI=1S/C23H23ClN2O4S/c1-15(2)30-20-10-8-18(9-11-20)25-23(27)17-7-12-21(24)22(14-17)31(28,29)26-19-6-4-5-16(3)13-19/h4-15,26H,1-3H3,(H,25,27). The molecule has 0 saturated carbocycles. The van der Waals surface area contributed by atoms with Crippen LogP contribution in [-0.4, -0.2) is 20.4 Å².